The van der Waals surface area contributed by atoms with Gasteiger partial charge in [0.1, 0.15) is 5.75 Å². The van der Waals surface area contributed by atoms with E-state index in [1.165, 1.54) is 5.56 Å². The summed E-state index contributed by atoms with van der Waals surface area (Å²) >= 11 is 0. The second-order valence-electron chi connectivity index (χ2n) is 5.64. The van der Waals surface area contributed by atoms with E-state index in [1.54, 1.807) is 4.68 Å². The van der Waals surface area contributed by atoms with E-state index in [1.807, 2.05) is 39.1 Å². The first-order valence-corrected chi connectivity index (χ1v) is 7.68. The molecule has 120 valence electrons. The standard InChI is InChI=1S/C17H25N3O2/c1-13(2)22-17-6-4-15(5-7-17)10-18-11-16-12-20(8-9-21)19-14(16)3/h4-7,12-13,18,21H,8-11H2,1-3H3. The molecule has 0 spiro atoms. The van der Waals surface area contributed by atoms with Crippen molar-refractivity contribution in [3.63, 3.8) is 0 Å². The summed E-state index contributed by atoms with van der Waals surface area (Å²) in [7, 11) is 0. The number of aliphatic hydroxyl groups is 1. The van der Waals surface area contributed by atoms with Crippen molar-refractivity contribution in [3.8, 4) is 5.75 Å². The van der Waals surface area contributed by atoms with E-state index in [2.05, 4.69) is 22.5 Å². The number of nitrogens with one attached hydrogen (secondary N) is 1. The summed E-state index contributed by atoms with van der Waals surface area (Å²) in [5.74, 6) is 0.903. The molecule has 0 atom stereocenters. The van der Waals surface area contributed by atoms with Crippen molar-refractivity contribution in [1.82, 2.24) is 15.1 Å². The minimum atomic E-state index is 0.110. The summed E-state index contributed by atoms with van der Waals surface area (Å²) in [5.41, 5.74) is 3.38. The zero-order valence-electron chi connectivity index (χ0n) is 13.5. The Bertz CT molecular complexity index is 576. The van der Waals surface area contributed by atoms with Crippen LogP contribution in [0.15, 0.2) is 30.5 Å². The summed E-state index contributed by atoms with van der Waals surface area (Å²) in [5, 5.41) is 16.7. The molecule has 0 aliphatic carbocycles. The van der Waals surface area contributed by atoms with Crippen LogP contribution in [0.25, 0.3) is 0 Å². The number of hydrogen-bond acceptors (Lipinski definition) is 4. The van der Waals surface area contributed by atoms with Gasteiger partial charge in [-0.25, -0.2) is 0 Å². The Labute approximate surface area is 131 Å². The van der Waals surface area contributed by atoms with Gasteiger partial charge in [0.15, 0.2) is 0 Å². The molecular weight excluding hydrogens is 278 g/mol. The largest absolute Gasteiger partial charge is 0.491 e. The van der Waals surface area contributed by atoms with E-state index in [0.717, 1.165) is 30.1 Å². The molecule has 5 heteroatoms. The lowest BCUT2D eigenvalue weighted by Crippen LogP contribution is -2.13. The van der Waals surface area contributed by atoms with E-state index in [0.29, 0.717) is 6.54 Å². The minimum Gasteiger partial charge on any atom is -0.491 e. The molecule has 0 amide bonds. The van der Waals surface area contributed by atoms with Crippen LogP contribution >= 0.6 is 0 Å². The highest BCUT2D eigenvalue weighted by Crippen LogP contribution is 2.14. The second kappa shape index (κ2) is 7.96. The van der Waals surface area contributed by atoms with Crippen molar-refractivity contribution in [2.24, 2.45) is 0 Å². The monoisotopic (exact) mass is 303 g/mol. The Morgan fingerprint density at radius 3 is 2.59 bits per heavy atom. The van der Waals surface area contributed by atoms with Gasteiger partial charge in [0.2, 0.25) is 0 Å². The van der Waals surface area contributed by atoms with Crippen LogP contribution in [0.2, 0.25) is 0 Å². The average molecular weight is 303 g/mol. The van der Waals surface area contributed by atoms with Crippen LogP contribution in [0, 0.1) is 6.92 Å². The van der Waals surface area contributed by atoms with Crippen LogP contribution < -0.4 is 10.1 Å². The summed E-state index contributed by atoms with van der Waals surface area (Å²) in [6, 6.07) is 8.16. The number of rotatable bonds is 8. The molecule has 0 aliphatic heterocycles. The van der Waals surface area contributed by atoms with Gasteiger partial charge in [0.05, 0.1) is 24.9 Å². The Balaban J connectivity index is 1.83. The maximum absolute atomic E-state index is 8.93. The van der Waals surface area contributed by atoms with Crippen molar-refractivity contribution in [2.75, 3.05) is 6.61 Å². The molecule has 0 radical (unpaired) electrons. The Kier molecular flexibility index (Phi) is 5.98. The van der Waals surface area contributed by atoms with Gasteiger partial charge >= 0.3 is 0 Å². The predicted octanol–water partition coefficient (Wildman–Crippen LogP) is 2.26. The molecule has 0 bridgehead atoms. The SMILES string of the molecule is Cc1nn(CCO)cc1CNCc1ccc(OC(C)C)cc1. The van der Waals surface area contributed by atoms with E-state index in [4.69, 9.17) is 9.84 Å². The fourth-order valence-electron chi connectivity index (χ4n) is 2.25. The molecule has 2 N–H and O–H groups in total. The lowest BCUT2D eigenvalue weighted by molar-refractivity contribution is 0.242. The number of hydrogen-bond donors (Lipinski definition) is 2. The highest BCUT2D eigenvalue weighted by molar-refractivity contribution is 5.27. The smallest absolute Gasteiger partial charge is 0.119 e. The second-order valence-corrected chi connectivity index (χ2v) is 5.64. The van der Waals surface area contributed by atoms with Crippen LogP contribution in [0.5, 0.6) is 5.75 Å². The van der Waals surface area contributed by atoms with Crippen LogP contribution in [0.3, 0.4) is 0 Å². The normalized spacial score (nSPS) is 11.1. The van der Waals surface area contributed by atoms with Gasteiger partial charge in [-0.05, 0) is 38.5 Å². The first-order chi connectivity index (χ1) is 10.6. The third kappa shape index (κ3) is 4.86. The number of ether oxygens (including phenoxy) is 1. The maximum atomic E-state index is 8.93. The molecule has 5 nitrogen and oxygen atoms in total. The average Bonchev–Trinajstić information content (AvgIpc) is 2.81. The number of aromatic nitrogens is 2. The minimum absolute atomic E-state index is 0.110. The first-order valence-electron chi connectivity index (χ1n) is 7.68. The molecule has 2 rings (SSSR count). The van der Waals surface area contributed by atoms with Crippen molar-refractivity contribution >= 4 is 0 Å². The quantitative estimate of drug-likeness (QED) is 0.785. The lowest BCUT2D eigenvalue weighted by atomic mass is 10.2. The molecular formula is C17H25N3O2. The van der Waals surface area contributed by atoms with E-state index in [9.17, 15) is 0 Å². The molecule has 0 saturated heterocycles. The number of benzene rings is 1. The van der Waals surface area contributed by atoms with Gasteiger partial charge in [-0.15, -0.1) is 0 Å². The van der Waals surface area contributed by atoms with E-state index >= 15 is 0 Å². The number of nitrogens with zero attached hydrogens (tertiary/aromatic N) is 2. The Hall–Kier alpha value is -1.85. The topological polar surface area (TPSA) is 59.3 Å². The molecule has 2 aromatic rings. The first kappa shape index (κ1) is 16.5. The Morgan fingerprint density at radius 1 is 1.23 bits per heavy atom. The Morgan fingerprint density at radius 2 is 1.95 bits per heavy atom. The molecule has 1 aromatic carbocycles. The van der Waals surface area contributed by atoms with E-state index in [-0.39, 0.29) is 12.7 Å². The van der Waals surface area contributed by atoms with E-state index < -0.39 is 0 Å². The van der Waals surface area contributed by atoms with Gasteiger partial charge in [0.25, 0.3) is 0 Å². The zero-order valence-corrected chi connectivity index (χ0v) is 13.5. The molecule has 0 aliphatic rings. The fourth-order valence-corrected chi connectivity index (χ4v) is 2.25. The molecule has 0 unspecified atom stereocenters. The van der Waals surface area contributed by atoms with Crippen LogP contribution in [-0.2, 0) is 19.6 Å². The summed E-state index contributed by atoms with van der Waals surface area (Å²) < 4.78 is 7.41. The van der Waals surface area contributed by atoms with Crippen molar-refractivity contribution in [2.45, 2.75) is 46.5 Å². The summed E-state index contributed by atoms with van der Waals surface area (Å²) in [6.45, 7) is 8.25. The molecule has 1 aromatic heterocycles. The fraction of sp³-hybridized carbons (Fsp3) is 0.471. The van der Waals surface area contributed by atoms with Gasteiger partial charge in [-0.2, -0.15) is 5.10 Å². The number of aryl methyl sites for hydroxylation is 1. The highest BCUT2D eigenvalue weighted by atomic mass is 16.5. The van der Waals surface area contributed by atoms with Crippen molar-refractivity contribution in [3.05, 3.63) is 47.3 Å². The zero-order chi connectivity index (χ0) is 15.9. The van der Waals surface area contributed by atoms with Gasteiger partial charge in [0, 0.05) is 24.8 Å². The van der Waals surface area contributed by atoms with Gasteiger partial charge < -0.3 is 15.2 Å². The molecule has 22 heavy (non-hydrogen) atoms. The highest BCUT2D eigenvalue weighted by Gasteiger charge is 2.04. The lowest BCUT2D eigenvalue weighted by Gasteiger charge is -2.10. The number of aliphatic hydroxyl groups excluding tert-OH is 1. The predicted molar refractivity (Wildman–Crippen MR) is 86.8 cm³/mol. The molecule has 0 saturated carbocycles. The summed E-state index contributed by atoms with van der Waals surface area (Å²) in [6.07, 6.45) is 2.18. The van der Waals surface area contributed by atoms with Crippen LogP contribution in [-0.4, -0.2) is 27.6 Å². The van der Waals surface area contributed by atoms with Crippen molar-refractivity contribution in [1.29, 1.82) is 0 Å². The summed E-state index contributed by atoms with van der Waals surface area (Å²) in [4.78, 5) is 0. The molecule has 1 heterocycles. The van der Waals surface area contributed by atoms with Gasteiger partial charge in [-0.3, -0.25) is 4.68 Å². The third-order valence-electron chi connectivity index (χ3n) is 3.32. The van der Waals surface area contributed by atoms with Crippen LogP contribution in [0.4, 0.5) is 0 Å². The maximum Gasteiger partial charge on any atom is 0.119 e. The van der Waals surface area contributed by atoms with Crippen LogP contribution in [0.1, 0.15) is 30.7 Å². The van der Waals surface area contributed by atoms with Gasteiger partial charge in [-0.1, -0.05) is 12.1 Å². The third-order valence-corrected chi connectivity index (χ3v) is 3.32. The molecule has 0 fully saturated rings. The van der Waals surface area contributed by atoms with Crippen molar-refractivity contribution < 1.29 is 9.84 Å².